The maximum Gasteiger partial charge on any atom is 0.420 e. The maximum absolute atomic E-state index is 13.8. The first-order valence-corrected chi connectivity index (χ1v) is 9.05. The third-order valence-electron chi connectivity index (χ3n) is 5.38. The van der Waals surface area contributed by atoms with Gasteiger partial charge in [-0.25, -0.2) is 0 Å². The van der Waals surface area contributed by atoms with Crippen LogP contribution in [0, 0.1) is 11.8 Å². The Morgan fingerprint density at radius 1 is 1.08 bits per heavy atom. The molecule has 26 heavy (non-hydrogen) atoms. The molecule has 0 heterocycles. The number of carbonyl (C=O) groups is 1. The fourth-order valence-corrected chi connectivity index (χ4v) is 3.83. The van der Waals surface area contributed by atoms with Crippen LogP contribution in [0.2, 0.25) is 0 Å². The summed E-state index contributed by atoms with van der Waals surface area (Å²) in [6.07, 6.45) is -0.692. The fraction of sp³-hybridized carbons (Fsp3) is 0.476. The lowest BCUT2D eigenvalue weighted by Gasteiger charge is -2.31. The van der Waals surface area contributed by atoms with Crippen molar-refractivity contribution in [3.63, 3.8) is 0 Å². The first kappa shape index (κ1) is 18.7. The Hall–Kier alpha value is -2.04. The Kier molecular flexibility index (Phi) is 5.26. The number of alkyl halides is 3. The Bertz CT molecular complexity index is 788. The molecule has 5 heteroatoms. The summed E-state index contributed by atoms with van der Waals surface area (Å²) < 4.78 is 47.1. The summed E-state index contributed by atoms with van der Waals surface area (Å²) in [5.41, 5.74) is -0.567. The van der Waals surface area contributed by atoms with Gasteiger partial charge in [0, 0.05) is 5.56 Å². The normalized spacial score (nSPS) is 21.2. The average Bonchev–Trinajstić information content (AvgIpc) is 2.60. The van der Waals surface area contributed by atoms with E-state index in [-0.39, 0.29) is 22.8 Å². The Balaban J connectivity index is 1.94. The Morgan fingerprint density at radius 2 is 1.73 bits per heavy atom. The van der Waals surface area contributed by atoms with Crippen LogP contribution in [0.15, 0.2) is 30.3 Å². The molecule has 0 radical (unpaired) electrons. The van der Waals surface area contributed by atoms with Gasteiger partial charge in [-0.2, -0.15) is 13.2 Å². The second-order valence-electron chi connectivity index (χ2n) is 7.43. The molecule has 2 aromatic rings. The minimum Gasteiger partial charge on any atom is -0.490 e. The van der Waals surface area contributed by atoms with Crippen LogP contribution >= 0.6 is 0 Å². The lowest BCUT2D eigenvalue weighted by molar-refractivity contribution is -0.138. The van der Waals surface area contributed by atoms with Crippen molar-refractivity contribution in [3.8, 4) is 5.75 Å². The molecule has 2 nitrogen and oxygen atoms in total. The molecule has 0 amide bonds. The first-order valence-electron chi connectivity index (χ1n) is 9.05. The number of fused-ring (bicyclic) bond motifs is 1. The minimum absolute atomic E-state index is 0.00969. The molecule has 1 aliphatic carbocycles. The van der Waals surface area contributed by atoms with Crippen molar-refractivity contribution in [1.82, 2.24) is 0 Å². The molecule has 3 rings (SSSR count). The van der Waals surface area contributed by atoms with E-state index in [0.29, 0.717) is 23.5 Å². The fourth-order valence-electron chi connectivity index (χ4n) is 3.83. The topological polar surface area (TPSA) is 26.3 Å². The molecule has 140 valence electrons. The summed E-state index contributed by atoms with van der Waals surface area (Å²) in [4.78, 5) is 11.0. The number of ether oxygens (including phenoxy) is 1. The predicted octanol–water partition coefficient (Wildman–Crippen LogP) is 6.26. The van der Waals surface area contributed by atoms with Crippen LogP contribution < -0.4 is 4.74 Å². The van der Waals surface area contributed by atoms with E-state index >= 15 is 0 Å². The highest BCUT2D eigenvalue weighted by atomic mass is 19.4. The summed E-state index contributed by atoms with van der Waals surface area (Å²) >= 11 is 0. The van der Waals surface area contributed by atoms with E-state index < -0.39 is 11.7 Å². The van der Waals surface area contributed by atoms with Crippen molar-refractivity contribution in [2.45, 2.75) is 51.8 Å². The second kappa shape index (κ2) is 7.29. The van der Waals surface area contributed by atoms with E-state index in [0.717, 1.165) is 25.7 Å². The van der Waals surface area contributed by atoms with Gasteiger partial charge in [0.05, 0.1) is 6.10 Å². The quantitative estimate of drug-likeness (QED) is 0.598. The lowest BCUT2D eigenvalue weighted by atomic mass is 9.80. The highest BCUT2D eigenvalue weighted by Crippen LogP contribution is 2.43. The Labute approximate surface area is 151 Å². The van der Waals surface area contributed by atoms with E-state index in [2.05, 4.69) is 13.8 Å². The largest absolute Gasteiger partial charge is 0.490 e. The van der Waals surface area contributed by atoms with Gasteiger partial charge in [-0.05, 0) is 60.4 Å². The van der Waals surface area contributed by atoms with Gasteiger partial charge < -0.3 is 4.74 Å². The highest BCUT2D eigenvalue weighted by molar-refractivity contribution is 5.92. The van der Waals surface area contributed by atoms with Gasteiger partial charge in [-0.1, -0.05) is 32.0 Å². The van der Waals surface area contributed by atoms with Crippen molar-refractivity contribution in [2.24, 2.45) is 11.8 Å². The molecule has 0 aliphatic heterocycles. The predicted molar refractivity (Wildman–Crippen MR) is 95.5 cm³/mol. The van der Waals surface area contributed by atoms with Crippen LogP contribution in [0.3, 0.4) is 0 Å². The van der Waals surface area contributed by atoms with Gasteiger partial charge in [0.1, 0.15) is 17.6 Å². The molecule has 0 N–H and O–H groups in total. The molecule has 0 saturated heterocycles. The summed E-state index contributed by atoms with van der Waals surface area (Å²) in [7, 11) is 0. The molecule has 0 aromatic heterocycles. The van der Waals surface area contributed by atoms with Crippen molar-refractivity contribution in [3.05, 3.63) is 41.5 Å². The van der Waals surface area contributed by atoms with E-state index in [4.69, 9.17) is 4.74 Å². The maximum atomic E-state index is 13.8. The van der Waals surface area contributed by atoms with Gasteiger partial charge >= 0.3 is 6.18 Å². The zero-order valence-corrected chi connectivity index (χ0v) is 15.0. The van der Waals surface area contributed by atoms with Crippen molar-refractivity contribution in [1.29, 1.82) is 0 Å². The van der Waals surface area contributed by atoms with Gasteiger partial charge in [-0.3, -0.25) is 4.79 Å². The van der Waals surface area contributed by atoms with Crippen LogP contribution in [-0.4, -0.2) is 12.4 Å². The smallest absolute Gasteiger partial charge is 0.420 e. The number of halogens is 3. The van der Waals surface area contributed by atoms with Gasteiger partial charge in [-0.15, -0.1) is 0 Å². The van der Waals surface area contributed by atoms with Gasteiger partial charge in [0.2, 0.25) is 0 Å². The second-order valence-corrected chi connectivity index (χ2v) is 7.43. The third-order valence-corrected chi connectivity index (χ3v) is 5.38. The summed E-state index contributed by atoms with van der Waals surface area (Å²) in [6, 6.07) is 7.36. The number of rotatable bonds is 4. The summed E-state index contributed by atoms with van der Waals surface area (Å²) in [5, 5.41) is 0.453. The third kappa shape index (κ3) is 3.87. The highest BCUT2D eigenvalue weighted by Gasteiger charge is 2.37. The zero-order valence-electron chi connectivity index (χ0n) is 15.0. The van der Waals surface area contributed by atoms with Crippen molar-refractivity contribution < 1.29 is 22.7 Å². The number of aldehydes is 1. The summed E-state index contributed by atoms with van der Waals surface area (Å²) in [6.45, 7) is 4.36. The molecule has 1 fully saturated rings. The van der Waals surface area contributed by atoms with Crippen LogP contribution in [0.5, 0.6) is 5.75 Å². The van der Waals surface area contributed by atoms with Gasteiger partial charge in [0.25, 0.3) is 0 Å². The molecule has 1 saturated carbocycles. The minimum atomic E-state index is -4.55. The standard InChI is InChI=1S/C21H23F3O2/c1-13(2)15-5-8-17(9-6-15)26-19-10-7-16-4-3-14(12-25)11-18(16)20(19)21(22,23)24/h3-4,7,10-13,15,17H,5-6,8-9H2,1-2H3/t15-,17+. The van der Waals surface area contributed by atoms with E-state index in [1.807, 2.05) is 0 Å². The van der Waals surface area contributed by atoms with Crippen LogP contribution in [0.25, 0.3) is 10.8 Å². The van der Waals surface area contributed by atoms with Gasteiger partial charge in [0.15, 0.2) is 0 Å². The molecule has 1 aliphatic rings. The lowest BCUT2D eigenvalue weighted by Crippen LogP contribution is -2.27. The van der Waals surface area contributed by atoms with Crippen molar-refractivity contribution in [2.75, 3.05) is 0 Å². The number of carbonyl (C=O) groups excluding carboxylic acids is 1. The van der Waals surface area contributed by atoms with Crippen LogP contribution in [0.4, 0.5) is 13.2 Å². The van der Waals surface area contributed by atoms with Crippen molar-refractivity contribution >= 4 is 17.1 Å². The number of benzene rings is 2. The van der Waals surface area contributed by atoms with E-state index in [1.165, 1.54) is 24.3 Å². The van der Waals surface area contributed by atoms with E-state index in [1.54, 1.807) is 6.07 Å². The monoisotopic (exact) mass is 364 g/mol. The molecule has 0 unspecified atom stereocenters. The molecular formula is C21H23F3O2. The molecule has 0 spiro atoms. The molecule has 2 aromatic carbocycles. The number of hydrogen-bond donors (Lipinski definition) is 0. The summed E-state index contributed by atoms with van der Waals surface area (Å²) in [5.74, 6) is 1.06. The molecular weight excluding hydrogens is 341 g/mol. The SMILES string of the molecule is CC(C)[C@H]1CC[C@@H](Oc2ccc3ccc(C=O)cc3c2C(F)(F)F)CC1. The Morgan fingerprint density at radius 3 is 2.31 bits per heavy atom. The molecule has 0 atom stereocenters. The van der Waals surface area contributed by atoms with Crippen LogP contribution in [0.1, 0.15) is 55.5 Å². The van der Waals surface area contributed by atoms with E-state index in [9.17, 15) is 18.0 Å². The first-order chi connectivity index (χ1) is 12.3. The zero-order chi connectivity index (χ0) is 18.9. The number of hydrogen-bond acceptors (Lipinski definition) is 2. The van der Waals surface area contributed by atoms with Crippen LogP contribution in [-0.2, 0) is 6.18 Å². The molecule has 0 bridgehead atoms. The average molecular weight is 364 g/mol.